The van der Waals surface area contributed by atoms with Gasteiger partial charge in [-0.15, -0.1) is 0 Å². The zero-order chi connectivity index (χ0) is 21.5. The Balaban J connectivity index is 1.62. The van der Waals surface area contributed by atoms with E-state index in [1.807, 2.05) is 0 Å². The van der Waals surface area contributed by atoms with Crippen LogP contribution in [0.4, 0.5) is 11.4 Å². The van der Waals surface area contributed by atoms with E-state index in [9.17, 15) is 19.7 Å². The van der Waals surface area contributed by atoms with Crippen LogP contribution < -0.4 is 10.1 Å². The molecule has 2 aromatic carbocycles. The number of para-hydroxylation sites is 1. The molecule has 0 aliphatic carbocycles. The highest BCUT2D eigenvalue weighted by Gasteiger charge is 2.17. The van der Waals surface area contributed by atoms with E-state index < -0.39 is 23.4 Å². The van der Waals surface area contributed by atoms with Gasteiger partial charge in [-0.25, -0.2) is 4.79 Å². The van der Waals surface area contributed by atoms with Crippen LogP contribution in [0, 0.1) is 10.1 Å². The van der Waals surface area contributed by atoms with Gasteiger partial charge in [0.25, 0.3) is 11.6 Å². The standard InChI is InChI=1S/C20H14ClN3O6/c21-16-10-13(24(27)28)7-8-17(16)23-19(25)12-29-20(26)15-5-1-2-6-18(15)30-14-4-3-9-22-11-14/h1-11H,12H2,(H,23,25). The number of rotatable bonds is 7. The number of benzene rings is 2. The maximum absolute atomic E-state index is 12.4. The maximum atomic E-state index is 12.4. The number of esters is 1. The molecule has 30 heavy (non-hydrogen) atoms. The summed E-state index contributed by atoms with van der Waals surface area (Å²) in [5.41, 5.74) is 0.0702. The van der Waals surface area contributed by atoms with Crippen LogP contribution in [0.3, 0.4) is 0 Å². The summed E-state index contributed by atoms with van der Waals surface area (Å²) >= 11 is 5.93. The second-order valence-electron chi connectivity index (χ2n) is 5.83. The summed E-state index contributed by atoms with van der Waals surface area (Å²) in [5, 5.41) is 13.1. The highest BCUT2D eigenvalue weighted by atomic mass is 35.5. The van der Waals surface area contributed by atoms with Crippen LogP contribution in [0.15, 0.2) is 67.0 Å². The fourth-order valence-corrected chi connectivity index (χ4v) is 2.59. The zero-order valence-electron chi connectivity index (χ0n) is 15.3. The third-order valence-electron chi connectivity index (χ3n) is 3.74. The molecule has 0 radical (unpaired) electrons. The molecule has 0 bridgehead atoms. The quantitative estimate of drug-likeness (QED) is 0.340. The molecular formula is C20H14ClN3O6. The van der Waals surface area contributed by atoms with Gasteiger partial charge in [-0.05, 0) is 30.3 Å². The number of halogens is 1. The Labute approximate surface area is 175 Å². The molecule has 0 saturated heterocycles. The molecule has 0 fully saturated rings. The third-order valence-corrected chi connectivity index (χ3v) is 4.05. The summed E-state index contributed by atoms with van der Waals surface area (Å²) in [5.74, 6) is -0.748. The van der Waals surface area contributed by atoms with Gasteiger partial charge in [-0.3, -0.25) is 19.9 Å². The SMILES string of the molecule is O=C(COC(=O)c1ccccc1Oc1cccnc1)Nc1ccc([N+](=O)[O-])cc1Cl. The van der Waals surface area contributed by atoms with Crippen LogP contribution in [-0.4, -0.2) is 28.4 Å². The molecule has 1 N–H and O–H groups in total. The van der Waals surface area contributed by atoms with E-state index in [0.717, 1.165) is 6.07 Å². The average Bonchev–Trinajstić information content (AvgIpc) is 2.74. The molecule has 0 aliphatic heterocycles. The normalized spacial score (nSPS) is 10.2. The van der Waals surface area contributed by atoms with Gasteiger partial charge in [0, 0.05) is 18.3 Å². The molecule has 1 amide bonds. The van der Waals surface area contributed by atoms with Crippen molar-refractivity contribution < 1.29 is 24.0 Å². The van der Waals surface area contributed by atoms with Crippen molar-refractivity contribution in [3.8, 4) is 11.5 Å². The number of pyridine rings is 1. The second kappa shape index (κ2) is 9.48. The third kappa shape index (κ3) is 5.30. The smallest absolute Gasteiger partial charge is 0.342 e. The van der Waals surface area contributed by atoms with Crippen molar-refractivity contribution in [1.29, 1.82) is 0 Å². The molecular weight excluding hydrogens is 414 g/mol. The second-order valence-corrected chi connectivity index (χ2v) is 6.24. The van der Waals surface area contributed by atoms with Gasteiger partial charge < -0.3 is 14.8 Å². The first-order chi connectivity index (χ1) is 14.4. The van der Waals surface area contributed by atoms with Crippen LogP contribution >= 0.6 is 11.6 Å². The van der Waals surface area contributed by atoms with Crippen LogP contribution in [0.25, 0.3) is 0 Å². The predicted octanol–water partition coefficient (Wildman–Crippen LogP) is 4.23. The number of ether oxygens (including phenoxy) is 2. The van der Waals surface area contributed by atoms with Gasteiger partial charge in [0.2, 0.25) is 0 Å². The molecule has 0 saturated carbocycles. The molecule has 152 valence electrons. The number of carbonyl (C=O) groups is 2. The van der Waals surface area contributed by atoms with Gasteiger partial charge in [0.1, 0.15) is 17.1 Å². The Morgan fingerprint density at radius 2 is 1.93 bits per heavy atom. The fourth-order valence-electron chi connectivity index (χ4n) is 2.37. The minimum Gasteiger partial charge on any atom is -0.455 e. The molecule has 0 aliphatic rings. The lowest BCUT2D eigenvalue weighted by molar-refractivity contribution is -0.384. The Morgan fingerprint density at radius 3 is 2.63 bits per heavy atom. The van der Waals surface area contributed by atoms with E-state index in [0.29, 0.717) is 5.75 Å². The summed E-state index contributed by atoms with van der Waals surface area (Å²) in [6, 6.07) is 13.3. The largest absolute Gasteiger partial charge is 0.455 e. The first-order valence-electron chi connectivity index (χ1n) is 8.52. The molecule has 3 rings (SSSR count). The molecule has 3 aromatic rings. The van der Waals surface area contributed by atoms with Crippen molar-refractivity contribution in [2.75, 3.05) is 11.9 Å². The molecule has 1 aromatic heterocycles. The van der Waals surface area contributed by atoms with Gasteiger partial charge in [-0.1, -0.05) is 23.7 Å². The summed E-state index contributed by atoms with van der Waals surface area (Å²) in [6.45, 7) is -0.590. The topological polar surface area (TPSA) is 121 Å². The maximum Gasteiger partial charge on any atom is 0.342 e. The summed E-state index contributed by atoms with van der Waals surface area (Å²) < 4.78 is 10.7. The number of carbonyl (C=O) groups excluding carboxylic acids is 2. The van der Waals surface area contributed by atoms with E-state index in [1.54, 1.807) is 36.5 Å². The number of amides is 1. The lowest BCUT2D eigenvalue weighted by Gasteiger charge is -2.11. The average molecular weight is 428 g/mol. The van der Waals surface area contributed by atoms with Crippen LogP contribution in [-0.2, 0) is 9.53 Å². The summed E-state index contributed by atoms with van der Waals surface area (Å²) in [7, 11) is 0. The van der Waals surface area contributed by atoms with Crippen molar-refractivity contribution in [2.24, 2.45) is 0 Å². The lowest BCUT2D eigenvalue weighted by atomic mass is 10.2. The van der Waals surface area contributed by atoms with Crippen molar-refractivity contribution in [3.63, 3.8) is 0 Å². The van der Waals surface area contributed by atoms with Crippen molar-refractivity contribution >= 4 is 34.9 Å². The Kier molecular flexibility index (Phi) is 6.56. The number of nitro benzene ring substituents is 1. The van der Waals surface area contributed by atoms with Crippen LogP contribution in [0.2, 0.25) is 5.02 Å². The number of nitrogens with zero attached hydrogens (tertiary/aromatic N) is 2. The monoisotopic (exact) mass is 427 g/mol. The number of hydrogen-bond acceptors (Lipinski definition) is 7. The van der Waals surface area contributed by atoms with E-state index >= 15 is 0 Å². The summed E-state index contributed by atoms with van der Waals surface area (Å²) in [6.07, 6.45) is 3.08. The van der Waals surface area contributed by atoms with E-state index in [1.165, 1.54) is 24.4 Å². The fraction of sp³-hybridized carbons (Fsp3) is 0.0500. The predicted molar refractivity (Wildman–Crippen MR) is 108 cm³/mol. The summed E-state index contributed by atoms with van der Waals surface area (Å²) in [4.78, 5) is 38.5. The van der Waals surface area contributed by atoms with E-state index in [-0.39, 0.29) is 27.7 Å². The first-order valence-corrected chi connectivity index (χ1v) is 8.89. The van der Waals surface area contributed by atoms with Crippen LogP contribution in [0.1, 0.15) is 10.4 Å². The number of hydrogen-bond donors (Lipinski definition) is 1. The van der Waals surface area contributed by atoms with E-state index in [4.69, 9.17) is 21.1 Å². The molecule has 10 heteroatoms. The van der Waals surface area contributed by atoms with Gasteiger partial charge in [-0.2, -0.15) is 0 Å². The molecule has 0 spiro atoms. The number of non-ortho nitro benzene ring substituents is 1. The van der Waals surface area contributed by atoms with Crippen molar-refractivity contribution in [1.82, 2.24) is 4.98 Å². The Morgan fingerprint density at radius 1 is 1.13 bits per heavy atom. The number of anilines is 1. The molecule has 0 atom stereocenters. The molecule has 9 nitrogen and oxygen atoms in total. The van der Waals surface area contributed by atoms with Gasteiger partial charge >= 0.3 is 5.97 Å². The minimum atomic E-state index is -0.764. The Bertz CT molecular complexity index is 1090. The lowest BCUT2D eigenvalue weighted by Crippen LogP contribution is -2.21. The van der Waals surface area contributed by atoms with Crippen molar-refractivity contribution in [3.05, 3.63) is 87.7 Å². The minimum absolute atomic E-state index is 0.0147. The number of nitro groups is 1. The van der Waals surface area contributed by atoms with Crippen molar-refractivity contribution in [2.45, 2.75) is 0 Å². The Hall–Kier alpha value is -3.98. The molecule has 1 heterocycles. The highest BCUT2D eigenvalue weighted by Crippen LogP contribution is 2.27. The number of nitrogens with one attached hydrogen (secondary N) is 1. The van der Waals surface area contributed by atoms with Gasteiger partial charge in [0.15, 0.2) is 6.61 Å². The zero-order valence-corrected chi connectivity index (χ0v) is 16.0. The van der Waals surface area contributed by atoms with Gasteiger partial charge in [0.05, 0.1) is 21.8 Å². The number of aromatic nitrogens is 1. The first kappa shape index (κ1) is 20.7. The highest BCUT2D eigenvalue weighted by molar-refractivity contribution is 6.34. The molecule has 0 unspecified atom stereocenters. The van der Waals surface area contributed by atoms with Crippen LogP contribution in [0.5, 0.6) is 11.5 Å². The van der Waals surface area contributed by atoms with E-state index in [2.05, 4.69) is 10.3 Å².